The lowest BCUT2D eigenvalue weighted by molar-refractivity contribution is 0.206. The Kier molecular flexibility index (Phi) is 3.29. The first kappa shape index (κ1) is 12.9. The number of aromatic nitrogens is 2. The van der Waals surface area contributed by atoms with Gasteiger partial charge in [-0.3, -0.25) is 14.7 Å². The van der Waals surface area contributed by atoms with Crippen LogP contribution in [0.25, 0.3) is 0 Å². The highest BCUT2D eigenvalue weighted by molar-refractivity contribution is 5.27. The molecule has 0 bridgehead atoms. The second-order valence-electron chi connectivity index (χ2n) is 4.86. The Morgan fingerprint density at radius 3 is 3.00 bits per heavy atom. The number of nitrogen functional groups attached to an aromatic ring is 1. The van der Waals surface area contributed by atoms with Gasteiger partial charge < -0.3 is 15.3 Å². The van der Waals surface area contributed by atoms with Crippen LogP contribution in [0.2, 0.25) is 0 Å². The number of nitrogens with two attached hydrogens (primary N) is 1. The van der Waals surface area contributed by atoms with Crippen LogP contribution in [0.15, 0.2) is 21.3 Å². The van der Waals surface area contributed by atoms with E-state index >= 15 is 0 Å². The van der Waals surface area contributed by atoms with E-state index in [0.717, 1.165) is 18.0 Å². The Morgan fingerprint density at radius 2 is 2.25 bits per heavy atom. The van der Waals surface area contributed by atoms with Crippen molar-refractivity contribution in [1.29, 1.82) is 0 Å². The number of rotatable bonds is 3. The largest absolute Gasteiger partial charge is 0.462 e. The van der Waals surface area contributed by atoms with Gasteiger partial charge in [-0.15, -0.1) is 0 Å². The number of aliphatic hydroxyl groups excluding tert-OH is 1. The first-order chi connectivity index (χ1) is 9.65. The first-order valence-corrected chi connectivity index (χ1v) is 6.44. The molecule has 0 amide bonds. The minimum absolute atomic E-state index is 0.105. The van der Waals surface area contributed by atoms with Crippen molar-refractivity contribution in [2.24, 2.45) is 0 Å². The van der Waals surface area contributed by atoms with E-state index in [-0.39, 0.29) is 18.1 Å². The molecular formula is C13H16N4O3. The zero-order chi connectivity index (χ0) is 14.1. The molecule has 0 radical (unpaired) electrons. The van der Waals surface area contributed by atoms with E-state index in [1.807, 2.05) is 6.07 Å². The number of furan rings is 1. The highest BCUT2D eigenvalue weighted by Crippen LogP contribution is 2.18. The topological polar surface area (TPSA) is 108 Å². The fraction of sp³-hybridized carbons (Fsp3) is 0.385. The van der Waals surface area contributed by atoms with Crippen molar-refractivity contribution in [2.45, 2.75) is 26.1 Å². The fourth-order valence-electron chi connectivity index (χ4n) is 2.45. The number of aromatic amines is 1. The molecule has 0 aliphatic carbocycles. The van der Waals surface area contributed by atoms with E-state index in [4.69, 9.17) is 15.3 Å². The number of nitrogens with zero attached hydrogens (tertiary/aromatic N) is 2. The molecule has 7 nitrogen and oxygen atoms in total. The molecule has 0 unspecified atom stereocenters. The summed E-state index contributed by atoms with van der Waals surface area (Å²) in [6, 6.07) is 3.59. The maximum absolute atomic E-state index is 11.9. The molecule has 0 aromatic carbocycles. The SMILES string of the molecule is Nc1nc2c(c(=O)[nH]1)CN(Cc1ccc(CO)o1)CC2. The van der Waals surface area contributed by atoms with E-state index in [1.165, 1.54) is 0 Å². The summed E-state index contributed by atoms with van der Waals surface area (Å²) < 4.78 is 5.46. The van der Waals surface area contributed by atoms with Crippen molar-refractivity contribution < 1.29 is 9.52 Å². The predicted octanol–water partition coefficient (Wildman–Crippen LogP) is -0.00430. The van der Waals surface area contributed by atoms with Crippen molar-refractivity contribution in [3.63, 3.8) is 0 Å². The Bertz CT molecular complexity index is 676. The standard InChI is InChI=1S/C13H16N4O3/c14-13-15-11-3-4-17(6-10(11)12(19)16-13)5-8-1-2-9(7-18)20-8/h1-2,18H,3-7H2,(H3,14,15,16,19). The number of nitrogens with one attached hydrogen (secondary N) is 1. The van der Waals surface area contributed by atoms with Gasteiger partial charge in [0.05, 0.1) is 17.8 Å². The van der Waals surface area contributed by atoms with Crippen molar-refractivity contribution in [3.8, 4) is 0 Å². The Hall–Kier alpha value is -2.12. The van der Waals surface area contributed by atoms with Crippen molar-refractivity contribution in [3.05, 3.63) is 45.3 Å². The highest BCUT2D eigenvalue weighted by Gasteiger charge is 2.21. The third-order valence-electron chi connectivity index (χ3n) is 3.42. The normalized spacial score (nSPS) is 15.2. The summed E-state index contributed by atoms with van der Waals surface area (Å²) in [5.74, 6) is 1.49. The summed E-state index contributed by atoms with van der Waals surface area (Å²) in [6.07, 6.45) is 0.691. The lowest BCUT2D eigenvalue weighted by Gasteiger charge is -2.26. The molecular weight excluding hydrogens is 260 g/mol. The predicted molar refractivity (Wildman–Crippen MR) is 71.7 cm³/mol. The molecule has 0 atom stereocenters. The highest BCUT2D eigenvalue weighted by atomic mass is 16.4. The molecule has 0 saturated carbocycles. The van der Waals surface area contributed by atoms with E-state index in [0.29, 0.717) is 30.8 Å². The van der Waals surface area contributed by atoms with Crippen LogP contribution < -0.4 is 11.3 Å². The second-order valence-corrected chi connectivity index (χ2v) is 4.86. The van der Waals surface area contributed by atoms with Crippen LogP contribution in [0, 0.1) is 0 Å². The Balaban J connectivity index is 1.77. The molecule has 1 aliphatic heterocycles. The summed E-state index contributed by atoms with van der Waals surface area (Å²) in [6.45, 7) is 1.81. The fourth-order valence-corrected chi connectivity index (χ4v) is 2.45. The molecule has 7 heteroatoms. The average molecular weight is 276 g/mol. The lowest BCUT2D eigenvalue weighted by Crippen LogP contribution is -2.35. The molecule has 20 heavy (non-hydrogen) atoms. The molecule has 3 rings (SSSR count). The van der Waals surface area contributed by atoms with Gasteiger partial charge >= 0.3 is 0 Å². The van der Waals surface area contributed by atoms with Gasteiger partial charge in [0.25, 0.3) is 5.56 Å². The molecule has 4 N–H and O–H groups in total. The smallest absolute Gasteiger partial charge is 0.257 e. The number of anilines is 1. The van der Waals surface area contributed by atoms with Crippen molar-refractivity contribution in [1.82, 2.24) is 14.9 Å². The Labute approximate surface area is 115 Å². The monoisotopic (exact) mass is 276 g/mol. The van der Waals surface area contributed by atoms with Crippen LogP contribution in [0.4, 0.5) is 5.95 Å². The van der Waals surface area contributed by atoms with Crippen LogP contribution in [0.5, 0.6) is 0 Å². The van der Waals surface area contributed by atoms with E-state index in [2.05, 4.69) is 14.9 Å². The number of aliphatic hydroxyl groups is 1. The summed E-state index contributed by atoms with van der Waals surface area (Å²) in [7, 11) is 0. The van der Waals surface area contributed by atoms with Gasteiger partial charge in [0.1, 0.15) is 18.1 Å². The van der Waals surface area contributed by atoms with E-state index < -0.39 is 0 Å². The molecule has 0 spiro atoms. The van der Waals surface area contributed by atoms with Gasteiger partial charge in [-0.2, -0.15) is 0 Å². The van der Waals surface area contributed by atoms with Crippen LogP contribution in [-0.2, 0) is 26.1 Å². The molecule has 2 aromatic heterocycles. The van der Waals surface area contributed by atoms with Crippen LogP contribution in [-0.4, -0.2) is 26.5 Å². The molecule has 1 aliphatic rings. The maximum atomic E-state index is 11.9. The molecule has 3 heterocycles. The van der Waals surface area contributed by atoms with Crippen LogP contribution in [0.3, 0.4) is 0 Å². The third kappa shape index (κ3) is 2.45. The van der Waals surface area contributed by atoms with Gasteiger partial charge in [-0.05, 0) is 12.1 Å². The zero-order valence-electron chi connectivity index (χ0n) is 10.9. The summed E-state index contributed by atoms with van der Waals surface area (Å²) in [4.78, 5) is 20.7. The molecule has 106 valence electrons. The summed E-state index contributed by atoms with van der Waals surface area (Å²) >= 11 is 0. The minimum atomic E-state index is -0.173. The quantitative estimate of drug-likeness (QED) is 0.728. The second kappa shape index (κ2) is 5.10. The number of H-pyrrole nitrogens is 1. The number of hydrogen-bond donors (Lipinski definition) is 3. The van der Waals surface area contributed by atoms with Gasteiger partial charge in [0.15, 0.2) is 0 Å². The molecule has 0 saturated heterocycles. The van der Waals surface area contributed by atoms with Crippen LogP contribution in [0.1, 0.15) is 22.8 Å². The summed E-state index contributed by atoms with van der Waals surface area (Å²) in [5.41, 5.74) is 6.81. The average Bonchev–Trinajstić information content (AvgIpc) is 2.87. The van der Waals surface area contributed by atoms with Gasteiger partial charge in [0, 0.05) is 19.5 Å². The van der Waals surface area contributed by atoms with Crippen molar-refractivity contribution >= 4 is 5.95 Å². The van der Waals surface area contributed by atoms with E-state index in [9.17, 15) is 4.79 Å². The summed E-state index contributed by atoms with van der Waals surface area (Å²) in [5, 5.41) is 8.98. The molecule has 2 aromatic rings. The van der Waals surface area contributed by atoms with E-state index in [1.54, 1.807) is 6.07 Å². The van der Waals surface area contributed by atoms with Gasteiger partial charge in [-0.25, -0.2) is 4.98 Å². The molecule has 0 fully saturated rings. The van der Waals surface area contributed by atoms with Gasteiger partial charge in [0.2, 0.25) is 5.95 Å². The minimum Gasteiger partial charge on any atom is -0.462 e. The first-order valence-electron chi connectivity index (χ1n) is 6.44. The zero-order valence-corrected chi connectivity index (χ0v) is 10.9. The van der Waals surface area contributed by atoms with Gasteiger partial charge in [-0.1, -0.05) is 0 Å². The van der Waals surface area contributed by atoms with Crippen molar-refractivity contribution in [2.75, 3.05) is 12.3 Å². The third-order valence-corrected chi connectivity index (χ3v) is 3.42. The lowest BCUT2D eigenvalue weighted by atomic mass is 10.1. The maximum Gasteiger partial charge on any atom is 0.257 e. The number of fused-ring (bicyclic) bond motifs is 1. The van der Waals surface area contributed by atoms with Crippen LogP contribution >= 0.6 is 0 Å². The number of hydrogen-bond acceptors (Lipinski definition) is 6. The Morgan fingerprint density at radius 1 is 1.45 bits per heavy atom.